The van der Waals surface area contributed by atoms with Gasteiger partial charge in [0.2, 0.25) is 0 Å². The molecular weight excluding hydrogens is 310 g/mol. The van der Waals surface area contributed by atoms with Crippen molar-refractivity contribution < 1.29 is 18.3 Å². The van der Waals surface area contributed by atoms with Crippen LogP contribution in [0, 0.1) is 24.5 Å². The molecule has 0 aliphatic carbocycles. The van der Waals surface area contributed by atoms with Crippen LogP contribution >= 0.6 is 0 Å². The summed E-state index contributed by atoms with van der Waals surface area (Å²) in [6.07, 6.45) is 2.38. The quantitative estimate of drug-likeness (QED) is 0.752. The van der Waals surface area contributed by atoms with Crippen LogP contribution in [0.25, 0.3) is 0 Å². The van der Waals surface area contributed by atoms with Gasteiger partial charge in [0.1, 0.15) is 24.0 Å². The molecule has 0 aromatic heterocycles. The van der Waals surface area contributed by atoms with Crippen molar-refractivity contribution in [3.8, 4) is 5.75 Å². The van der Waals surface area contributed by atoms with Crippen LogP contribution in [0.2, 0.25) is 0 Å². The molecule has 0 amide bonds. The van der Waals surface area contributed by atoms with Gasteiger partial charge in [-0.05, 0) is 36.8 Å². The van der Waals surface area contributed by atoms with Crippen LogP contribution in [0.4, 0.5) is 8.78 Å². The molecule has 2 unspecified atom stereocenters. The van der Waals surface area contributed by atoms with Crippen LogP contribution < -0.4 is 4.74 Å². The monoisotopic (exact) mass is 332 g/mol. The Kier molecular flexibility index (Phi) is 5.14. The number of hydrogen-bond donors (Lipinski definition) is 0. The number of ether oxygens (including phenoxy) is 2. The standard InChI is InChI=1S/C20H22F2O2/c1-13-3-8-20(24-11-13)16-6-4-15(5-7-16)12-23-17-9-18(21)14(2)19(22)10-17/h4-7,9-10,13,20H,3,8,11-12H2,1-2H3. The van der Waals surface area contributed by atoms with Gasteiger partial charge in [-0.25, -0.2) is 8.78 Å². The molecule has 2 atom stereocenters. The van der Waals surface area contributed by atoms with Gasteiger partial charge in [-0.2, -0.15) is 0 Å². The fourth-order valence-electron chi connectivity index (χ4n) is 2.85. The lowest BCUT2D eigenvalue weighted by Crippen LogP contribution is -2.18. The van der Waals surface area contributed by atoms with Crippen molar-refractivity contribution in [2.75, 3.05) is 6.61 Å². The van der Waals surface area contributed by atoms with Gasteiger partial charge in [0.15, 0.2) is 0 Å². The van der Waals surface area contributed by atoms with E-state index in [1.807, 2.05) is 24.3 Å². The summed E-state index contributed by atoms with van der Waals surface area (Å²) >= 11 is 0. The Morgan fingerprint density at radius 1 is 1.08 bits per heavy atom. The minimum Gasteiger partial charge on any atom is -0.489 e. The Balaban J connectivity index is 1.60. The molecule has 2 aromatic carbocycles. The topological polar surface area (TPSA) is 18.5 Å². The van der Waals surface area contributed by atoms with Crippen LogP contribution in [-0.2, 0) is 11.3 Å². The predicted octanol–water partition coefficient (Wildman–Crippen LogP) is 5.34. The average molecular weight is 332 g/mol. The zero-order chi connectivity index (χ0) is 17.1. The van der Waals surface area contributed by atoms with Crippen molar-refractivity contribution in [2.45, 2.75) is 39.4 Å². The van der Waals surface area contributed by atoms with Gasteiger partial charge in [0.05, 0.1) is 6.10 Å². The summed E-state index contributed by atoms with van der Waals surface area (Å²) in [5, 5.41) is 0. The second-order valence-electron chi connectivity index (χ2n) is 6.55. The van der Waals surface area contributed by atoms with E-state index >= 15 is 0 Å². The van der Waals surface area contributed by atoms with Crippen LogP contribution in [0.1, 0.15) is 42.6 Å². The smallest absolute Gasteiger partial charge is 0.132 e. The minimum absolute atomic E-state index is 0.00787. The van der Waals surface area contributed by atoms with Crippen LogP contribution in [0.15, 0.2) is 36.4 Å². The van der Waals surface area contributed by atoms with Crippen molar-refractivity contribution in [3.05, 3.63) is 64.7 Å². The highest BCUT2D eigenvalue weighted by molar-refractivity contribution is 5.30. The molecule has 128 valence electrons. The Bertz CT molecular complexity index is 666. The minimum atomic E-state index is -0.593. The Labute approximate surface area is 141 Å². The molecule has 4 heteroatoms. The normalized spacial score (nSPS) is 20.8. The zero-order valence-corrected chi connectivity index (χ0v) is 14.0. The van der Waals surface area contributed by atoms with Gasteiger partial charge in [-0.3, -0.25) is 0 Å². The molecule has 1 aliphatic rings. The highest BCUT2D eigenvalue weighted by Gasteiger charge is 2.20. The third-order valence-corrected chi connectivity index (χ3v) is 4.52. The summed E-state index contributed by atoms with van der Waals surface area (Å²) in [6.45, 7) is 4.68. The summed E-state index contributed by atoms with van der Waals surface area (Å²) in [5.41, 5.74) is 2.12. The predicted molar refractivity (Wildman–Crippen MR) is 89.0 cm³/mol. The fraction of sp³-hybridized carbons (Fsp3) is 0.400. The highest BCUT2D eigenvalue weighted by Crippen LogP contribution is 2.30. The molecule has 0 bridgehead atoms. The van der Waals surface area contributed by atoms with E-state index < -0.39 is 11.6 Å². The third-order valence-electron chi connectivity index (χ3n) is 4.52. The number of rotatable bonds is 4. The van der Waals surface area contributed by atoms with Crippen LogP contribution in [0.3, 0.4) is 0 Å². The maximum absolute atomic E-state index is 13.5. The fourth-order valence-corrected chi connectivity index (χ4v) is 2.85. The summed E-state index contributed by atoms with van der Waals surface area (Å²) in [4.78, 5) is 0. The Hall–Kier alpha value is -1.94. The number of hydrogen-bond acceptors (Lipinski definition) is 2. The van der Waals surface area contributed by atoms with Gasteiger partial charge in [-0.1, -0.05) is 31.2 Å². The van der Waals surface area contributed by atoms with Crippen molar-refractivity contribution >= 4 is 0 Å². The number of benzene rings is 2. The van der Waals surface area contributed by atoms with Gasteiger partial charge in [-0.15, -0.1) is 0 Å². The van der Waals surface area contributed by atoms with Crippen molar-refractivity contribution in [2.24, 2.45) is 5.92 Å². The second kappa shape index (κ2) is 7.31. The molecule has 0 N–H and O–H groups in total. The first-order chi connectivity index (χ1) is 11.5. The van der Waals surface area contributed by atoms with Crippen LogP contribution in [0.5, 0.6) is 5.75 Å². The first-order valence-corrected chi connectivity index (χ1v) is 8.32. The summed E-state index contributed by atoms with van der Waals surface area (Å²) in [5.74, 6) is -0.360. The molecular formula is C20H22F2O2. The molecule has 0 saturated carbocycles. The second-order valence-corrected chi connectivity index (χ2v) is 6.55. The molecule has 0 spiro atoms. The maximum Gasteiger partial charge on any atom is 0.132 e. The first kappa shape index (κ1) is 16.9. The molecule has 1 fully saturated rings. The lowest BCUT2D eigenvalue weighted by Gasteiger charge is -2.27. The zero-order valence-electron chi connectivity index (χ0n) is 14.0. The molecule has 24 heavy (non-hydrogen) atoms. The molecule has 1 aliphatic heterocycles. The lowest BCUT2D eigenvalue weighted by molar-refractivity contribution is -0.0123. The Morgan fingerprint density at radius 2 is 1.75 bits per heavy atom. The largest absolute Gasteiger partial charge is 0.489 e. The molecule has 2 aromatic rings. The first-order valence-electron chi connectivity index (χ1n) is 8.32. The summed E-state index contributed by atoms with van der Waals surface area (Å²) in [7, 11) is 0. The Morgan fingerprint density at radius 3 is 2.33 bits per heavy atom. The van der Waals surface area contributed by atoms with E-state index in [1.54, 1.807) is 0 Å². The van der Waals surface area contributed by atoms with Gasteiger partial charge >= 0.3 is 0 Å². The molecule has 3 rings (SSSR count). The molecule has 0 radical (unpaired) electrons. The lowest BCUT2D eigenvalue weighted by atomic mass is 9.95. The number of halogens is 2. The van der Waals surface area contributed by atoms with E-state index in [0.29, 0.717) is 5.92 Å². The van der Waals surface area contributed by atoms with E-state index in [0.717, 1.165) is 24.2 Å². The van der Waals surface area contributed by atoms with E-state index in [-0.39, 0.29) is 24.0 Å². The summed E-state index contributed by atoms with van der Waals surface area (Å²) < 4.78 is 38.4. The van der Waals surface area contributed by atoms with Gasteiger partial charge < -0.3 is 9.47 Å². The molecule has 1 saturated heterocycles. The van der Waals surface area contributed by atoms with Crippen molar-refractivity contribution in [3.63, 3.8) is 0 Å². The third kappa shape index (κ3) is 3.93. The van der Waals surface area contributed by atoms with E-state index in [1.165, 1.54) is 25.5 Å². The van der Waals surface area contributed by atoms with Crippen LogP contribution in [-0.4, -0.2) is 6.61 Å². The van der Waals surface area contributed by atoms with E-state index in [2.05, 4.69) is 6.92 Å². The van der Waals surface area contributed by atoms with E-state index in [9.17, 15) is 8.78 Å². The highest BCUT2D eigenvalue weighted by atomic mass is 19.1. The average Bonchev–Trinajstić information content (AvgIpc) is 2.59. The van der Waals surface area contributed by atoms with Crippen molar-refractivity contribution in [1.29, 1.82) is 0 Å². The summed E-state index contributed by atoms with van der Waals surface area (Å²) in [6, 6.07) is 10.4. The molecule has 1 heterocycles. The van der Waals surface area contributed by atoms with E-state index in [4.69, 9.17) is 9.47 Å². The van der Waals surface area contributed by atoms with Gasteiger partial charge in [0.25, 0.3) is 0 Å². The van der Waals surface area contributed by atoms with Crippen molar-refractivity contribution in [1.82, 2.24) is 0 Å². The molecule has 2 nitrogen and oxygen atoms in total. The SMILES string of the molecule is Cc1c(F)cc(OCc2ccc(C3CCC(C)CO3)cc2)cc1F. The maximum atomic E-state index is 13.5. The van der Waals surface area contributed by atoms with Gasteiger partial charge in [0, 0.05) is 24.3 Å².